The number of anilines is 1. The Morgan fingerprint density at radius 2 is 1.46 bits per heavy atom. The lowest BCUT2D eigenvalue weighted by Crippen LogP contribution is -2.46. The van der Waals surface area contributed by atoms with Crippen molar-refractivity contribution in [2.75, 3.05) is 24.7 Å². The van der Waals surface area contributed by atoms with E-state index in [-0.39, 0.29) is 17.9 Å². The fraction of sp³-hybridized carbons (Fsp3) is 0.300. The van der Waals surface area contributed by atoms with E-state index in [0.29, 0.717) is 42.7 Å². The van der Waals surface area contributed by atoms with E-state index in [1.807, 2.05) is 6.07 Å². The number of sulfonamides is 1. The molecule has 0 atom stereocenters. The van der Waals surface area contributed by atoms with E-state index in [9.17, 15) is 18.0 Å². The molecule has 0 aliphatic carbocycles. The highest BCUT2D eigenvalue weighted by molar-refractivity contribution is 7.88. The largest absolute Gasteiger partial charge is 0.349 e. The number of carbonyl (C=O) groups excluding carboxylic acids is 2. The molecule has 2 N–H and O–H groups in total. The highest BCUT2D eigenvalue weighted by Gasteiger charge is 2.25. The quantitative estimate of drug-likeness (QED) is 0.802. The number of nitrogens with one attached hydrogen (secondary N) is 2. The van der Waals surface area contributed by atoms with Crippen LogP contribution in [0.15, 0.2) is 54.6 Å². The molecule has 148 valence electrons. The zero-order valence-corrected chi connectivity index (χ0v) is 16.4. The van der Waals surface area contributed by atoms with E-state index in [2.05, 4.69) is 10.6 Å². The van der Waals surface area contributed by atoms with Crippen LogP contribution in [0.1, 0.15) is 33.6 Å². The van der Waals surface area contributed by atoms with Crippen molar-refractivity contribution in [2.45, 2.75) is 18.9 Å². The topological polar surface area (TPSA) is 95.6 Å². The molecule has 7 nitrogen and oxygen atoms in total. The van der Waals surface area contributed by atoms with E-state index >= 15 is 0 Å². The van der Waals surface area contributed by atoms with Gasteiger partial charge in [0.2, 0.25) is 10.0 Å². The third kappa shape index (κ3) is 5.17. The molecule has 8 heteroatoms. The number of rotatable bonds is 5. The molecule has 0 aromatic heterocycles. The fourth-order valence-corrected chi connectivity index (χ4v) is 3.97. The van der Waals surface area contributed by atoms with Crippen molar-refractivity contribution >= 4 is 27.5 Å². The Labute approximate surface area is 164 Å². The van der Waals surface area contributed by atoms with Crippen LogP contribution in [0.4, 0.5) is 5.69 Å². The average Bonchev–Trinajstić information content (AvgIpc) is 2.69. The van der Waals surface area contributed by atoms with Crippen LogP contribution >= 0.6 is 0 Å². The van der Waals surface area contributed by atoms with Crippen LogP contribution in [0.2, 0.25) is 0 Å². The van der Waals surface area contributed by atoms with Crippen LogP contribution in [-0.4, -0.2) is 49.9 Å². The zero-order valence-electron chi connectivity index (χ0n) is 15.6. The smallest absolute Gasteiger partial charge is 0.255 e. The van der Waals surface area contributed by atoms with Gasteiger partial charge in [0.1, 0.15) is 0 Å². The van der Waals surface area contributed by atoms with Gasteiger partial charge in [-0.05, 0) is 49.2 Å². The second-order valence-electron chi connectivity index (χ2n) is 6.81. The molecular weight excluding hydrogens is 378 g/mol. The minimum Gasteiger partial charge on any atom is -0.349 e. The van der Waals surface area contributed by atoms with Crippen molar-refractivity contribution in [3.05, 3.63) is 65.7 Å². The molecule has 2 amide bonds. The zero-order chi connectivity index (χ0) is 20.1. The average molecular weight is 401 g/mol. The second-order valence-corrected chi connectivity index (χ2v) is 8.79. The normalized spacial score (nSPS) is 15.8. The number of hydrogen-bond acceptors (Lipinski definition) is 4. The summed E-state index contributed by atoms with van der Waals surface area (Å²) in [6.07, 6.45) is 2.37. The summed E-state index contributed by atoms with van der Waals surface area (Å²) < 4.78 is 24.5. The van der Waals surface area contributed by atoms with Gasteiger partial charge in [-0.3, -0.25) is 9.59 Å². The van der Waals surface area contributed by atoms with Crippen LogP contribution in [0, 0.1) is 0 Å². The maximum atomic E-state index is 12.4. The molecule has 0 bridgehead atoms. The first-order valence-corrected chi connectivity index (χ1v) is 10.9. The summed E-state index contributed by atoms with van der Waals surface area (Å²) in [4.78, 5) is 24.6. The number of amides is 2. The molecule has 28 heavy (non-hydrogen) atoms. The van der Waals surface area contributed by atoms with Crippen molar-refractivity contribution in [2.24, 2.45) is 0 Å². The Morgan fingerprint density at radius 1 is 0.893 bits per heavy atom. The standard InChI is InChI=1S/C20H23N3O4S/c1-28(26,27)23-13-11-18(12-14-23)22-20(25)16-7-9-17(10-8-16)21-19(24)15-5-3-2-4-6-15/h2-10,18H,11-14H2,1H3,(H,21,24)(H,22,25). The Morgan fingerprint density at radius 3 is 2.04 bits per heavy atom. The predicted octanol–water partition coefficient (Wildman–Crippen LogP) is 2.09. The molecule has 0 unspecified atom stereocenters. The molecule has 1 fully saturated rings. The van der Waals surface area contributed by atoms with E-state index in [4.69, 9.17) is 0 Å². The third-order valence-electron chi connectivity index (χ3n) is 4.70. The molecule has 2 aromatic carbocycles. The summed E-state index contributed by atoms with van der Waals surface area (Å²) in [5.74, 6) is -0.422. The predicted molar refractivity (Wildman–Crippen MR) is 108 cm³/mol. The van der Waals surface area contributed by atoms with Gasteiger partial charge in [0.15, 0.2) is 0 Å². The van der Waals surface area contributed by atoms with Crippen molar-refractivity contribution in [3.63, 3.8) is 0 Å². The lowest BCUT2D eigenvalue weighted by molar-refractivity contribution is 0.0923. The van der Waals surface area contributed by atoms with Crippen molar-refractivity contribution in [3.8, 4) is 0 Å². The number of carbonyl (C=O) groups is 2. The highest BCUT2D eigenvalue weighted by Crippen LogP contribution is 2.15. The summed E-state index contributed by atoms with van der Waals surface area (Å²) in [5, 5.41) is 5.74. The molecular formula is C20H23N3O4S. The lowest BCUT2D eigenvalue weighted by atomic mass is 10.1. The Bertz CT molecular complexity index is 935. The van der Waals surface area contributed by atoms with Gasteiger partial charge in [0, 0.05) is 35.9 Å². The second kappa shape index (κ2) is 8.53. The van der Waals surface area contributed by atoms with Crippen LogP contribution in [0.5, 0.6) is 0 Å². The van der Waals surface area contributed by atoms with Crippen LogP contribution in [0.25, 0.3) is 0 Å². The van der Waals surface area contributed by atoms with Gasteiger partial charge >= 0.3 is 0 Å². The van der Waals surface area contributed by atoms with E-state index in [1.165, 1.54) is 10.6 Å². The summed E-state index contributed by atoms with van der Waals surface area (Å²) >= 11 is 0. The van der Waals surface area contributed by atoms with Gasteiger partial charge in [0.25, 0.3) is 11.8 Å². The lowest BCUT2D eigenvalue weighted by Gasteiger charge is -2.30. The van der Waals surface area contributed by atoms with Gasteiger partial charge in [0.05, 0.1) is 6.26 Å². The highest BCUT2D eigenvalue weighted by atomic mass is 32.2. The SMILES string of the molecule is CS(=O)(=O)N1CCC(NC(=O)c2ccc(NC(=O)c3ccccc3)cc2)CC1. The minimum absolute atomic E-state index is 0.0528. The Hall–Kier alpha value is -2.71. The van der Waals surface area contributed by atoms with Gasteiger partial charge in [-0.25, -0.2) is 12.7 Å². The van der Waals surface area contributed by atoms with Crippen LogP contribution < -0.4 is 10.6 Å². The molecule has 0 saturated carbocycles. The summed E-state index contributed by atoms with van der Waals surface area (Å²) in [6, 6.07) is 15.5. The van der Waals surface area contributed by atoms with E-state index < -0.39 is 10.0 Å². The van der Waals surface area contributed by atoms with Crippen LogP contribution in [-0.2, 0) is 10.0 Å². The van der Waals surface area contributed by atoms with Gasteiger partial charge in [-0.1, -0.05) is 18.2 Å². The van der Waals surface area contributed by atoms with Gasteiger partial charge in [-0.2, -0.15) is 0 Å². The number of hydrogen-bond donors (Lipinski definition) is 2. The van der Waals surface area contributed by atoms with Crippen molar-refractivity contribution in [1.82, 2.24) is 9.62 Å². The Balaban J connectivity index is 1.53. The van der Waals surface area contributed by atoms with Gasteiger partial charge in [-0.15, -0.1) is 0 Å². The molecule has 3 rings (SSSR count). The van der Waals surface area contributed by atoms with Crippen molar-refractivity contribution < 1.29 is 18.0 Å². The number of benzene rings is 2. The third-order valence-corrected chi connectivity index (χ3v) is 6.00. The van der Waals surface area contributed by atoms with Crippen LogP contribution in [0.3, 0.4) is 0 Å². The molecule has 1 heterocycles. The summed E-state index contributed by atoms with van der Waals surface area (Å²) in [5.41, 5.74) is 1.65. The summed E-state index contributed by atoms with van der Waals surface area (Å²) in [7, 11) is -3.18. The first-order chi connectivity index (χ1) is 13.3. The minimum atomic E-state index is -3.18. The number of nitrogens with zero attached hydrogens (tertiary/aromatic N) is 1. The van der Waals surface area contributed by atoms with E-state index in [0.717, 1.165) is 0 Å². The molecule has 0 radical (unpaired) electrons. The molecule has 1 aliphatic rings. The monoisotopic (exact) mass is 401 g/mol. The molecule has 0 spiro atoms. The molecule has 1 aliphatic heterocycles. The van der Waals surface area contributed by atoms with Gasteiger partial charge < -0.3 is 10.6 Å². The van der Waals surface area contributed by atoms with E-state index in [1.54, 1.807) is 48.5 Å². The first-order valence-electron chi connectivity index (χ1n) is 9.05. The maximum absolute atomic E-state index is 12.4. The first kappa shape index (κ1) is 20.0. The number of piperidine rings is 1. The van der Waals surface area contributed by atoms with Crippen molar-refractivity contribution in [1.29, 1.82) is 0 Å². The Kier molecular flexibility index (Phi) is 6.11. The maximum Gasteiger partial charge on any atom is 0.255 e. The molecule has 2 aromatic rings. The summed E-state index contributed by atoms with van der Waals surface area (Å²) in [6.45, 7) is 0.822. The molecule has 1 saturated heterocycles. The fourth-order valence-electron chi connectivity index (χ4n) is 3.10.